The van der Waals surface area contributed by atoms with Crippen LogP contribution in [0.1, 0.15) is 24.2 Å². The van der Waals surface area contributed by atoms with Crippen molar-refractivity contribution in [3.8, 4) is 5.88 Å². The van der Waals surface area contributed by atoms with E-state index in [0.29, 0.717) is 5.88 Å². The van der Waals surface area contributed by atoms with E-state index in [-0.39, 0.29) is 6.04 Å². The molecule has 4 nitrogen and oxygen atoms in total. The number of methoxy groups -OCH3 is 1. The fourth-order valence-electron chi connectivity index (χ4n) is 1.11. The first-order valence-corrected chi connectivity index (χ1v) is 3.78. The Morgan fingerprint density at radius 2 is 2.17 bits per heavy atom. The molecule has 2 N–H and O–H groups in total. The van der Waals surface area contributed by atoms with Gasteiger partial charge in [0.2, 0.25) is 5.88 Å². The summed E-state index contributed by atoms with van der Waals surface area (Å²) in [6.07, 6.45) is 1.46. The first-order valence-electron chi connectivity index (χ1n) is 3.78. The van der Waals surface area contributed by atoms with Gasteiger partial charge in [0.15, 0.2) is 0 Å². The van der Waals surface area contributed by atoms with Gasteiger partial charge in [-0.15, -0.1) is 0 Å². The maximum atomic E-state index is 5.69. The standard InChI is InChI=1S/C8H13N3O/c1-5-7(6(2)9)10-4-11-8(5)12-3/h4,6H,9H2,1-3H3/t6-/m0/s1. The molecule has 1 heterocycles. The van der Waals surface area contributed by atoms with Gasteiger partial charge in [0.25, 0.3) is 0 Å². The number of hydrogen-bond acceptors (Lipinski definition) is 4. The third-order valence-corrected chi connectivity index (χ3v) is 1.70. The highest BCUT2D eigenvalue weighted by Crippen LogP contribution is 2.19. The maximum Gasteiger partial charge on any atom is 0.219 e. The molecule has 0 aliphatic rings. The zero-order valence-electron chi connectivity index (χ0n) is 7.53. The van der Waals surface area contributed by atoms with Crippen molar-refractivity contribution in [3.05, 3.63) is 17.6 Å². The summed E-state index contributed by atoms with van der Waals surface area (Å²) in [6.45, 7) is 3.78. The Morgan fingerprint density at radius 3 is 2.67 bits per heavy atom. The molecular formula is C8H13N3O. The number of nitrogens with two attached hydrogens (primary N) is 1. The van der Waals surface area contributed by atoms with Gasteiger partial charge in [-0.25, -0.2) is 9.97 Å². The van der Waals surface area contributed by atoms with Crippen molar-refractivity contribution < 1.29 is 4.74 Å². The largest absolute Gasteiger partial charge is 0.481 e. The zero-order valence-corrected chi connectivity index (χ0v) is 7.53. The van der Waals surface area contributed by atoms with Gasteiger partial charge in [-0.05, 0) is 13.8 Å². The molecule has 0 spiro atoms. The van der Waals surface area contributed by atoms with Crippen LogP contribution in [0, 0.1) is 6.92 Å². The highest BCUT2D eigenvalue weighted by atomic mass is 16.5. The van der Waals surface area contributed by atoms with Crippen LogP contribution in [0.2, 0.25) is 0 Å². The summed E-state index contributed by atoms with van der Waals surface area (Å²) in [6, 6.07) is -0.0816. The lowest BCUT2D eigenvalue weighted by molar-refractivity contribution is 0.391. The Balaban J connectivity index is 3.14. The molecule has 1 aromatic rings. The van der Waals surface area contributed by atoms with Crippen LogP contribution in [0.3, 0.4) is 0 Å². The second-order valence-corrected chi connectivity index (χ2v) is 2.68. The fraction of sp³-hybridized carbons (Fsp3) is 0.500. The number of hydrogen-bond donors (Lipinski definition) is 1. The van der Waals surface area contributed by atoms with Crippen molar-refractivity contribution in [1.29, 1.82) is 0 Å². The molecule has 4 heteroatoms. The van der Waals surface area contributed by atoms with Crippen LogP contribution in [0.15, 0.2) is 6.33 Å². The van der Waals surface area contributed by atoms with Gasteiger partial charge in [0, 0.05) is 11.6 Å². The van der Waals surface area contributed by atoms with Gasteiger partial charge in [-0.3, -0.25) is 0 Å². The van der Waals surface area contributed by atoms with Gasteiger partial charge in [0.1, 0.15) is 6.33 Å². The number of aromatic nitrogens is 2. The van der Waals surface area contributed by atoms with Crippen molar-refractivity contribution in [1.82, 2.24) is 9.97 Å². The van der Waals surface area contributed by atoms with E-state index in [1.807, 2.05) is 13.8 Å². The van der Waals surface area contributed by atoms with E-state index in [4.69, 9.17) is 10.5 Å². The number of nitrogens with zero attached hydrogens (tertiary/aromatic N) is 2. The third kappa shape index (κ3) is 1.53. The topological polar surface area (TPSA) is 61.0 Å². The molecule has 0 radical (unpaired) electrons. The van der Waals surface area contributed by atoms with Crippen LogP contribution in [0.4, 0.5) is 0 Å². The van der Waals surface area contributed by atoms with Gasteiger partial charge < -0.3 is 10.5 Å². The molecule has 0 bridgehead atoms. The van der Waals surface area contributed by atoms with E-state index in [0.717, 1.165) is 11.3 Å². The van der Waals surface area contributed by atoms with Crippen molar-refractivity contribution in [3.63, 3.8) is 0 Å². The predicted molar refractivity (Wildman–Crippen MR) is 45.9 cm³/mol. The van der Waals surface area contributed by atoms with Crippen LogP contribution in [-0.4, -0.2) is 17.1 Å². The summed E-state index contributed by atoms with van der Waals surface area (Å²) in [5.41, 5.74) is 7.44. The Morgan fingerprint density at radius 1 is 1.50 bits per heavy atom. The Hall–Kier alpha value is -1.16. The van der Waals surface area contributed by atoms with Gasteiger partial charge in [-0.2, -0.15) is 0 Å². The van der Waals surface area contributed by atoms with Crippen molar-refractivity contribution in [2.24, 2.45) is 5.73 Å². The Labute approximate surface area is 71.8 Å². The molecule has 0 fully saturated rings. The molecule has 0 aliphatic heterocycles. The summed E-state index contributed by atoms with van der Waals surface area (Å²) in [4.78, 5) is 8.02. The monoisotopic (exact) mass is 167 g/mol. The van der Waals surface area contributed by atoms with E-state index in [1.54, 1.807) is 7.11 Å². The van der Waals surface area contributed by atoms with Crippen LogP contribution < -0.4 is 10.5 Å². The maximum absolute atomic E-state index is 5.69. The quantitative estimate of drug-likeness (QED) is 0.708. The molecule has 0 amide bonds. The van der Waals surface area contributed by atoms with E-state index in [2.05, 4.69) is 9.97 Å². The first kappa shape index (κ1) is 8.93. The molecule has 0 saturated carbocycles. The third-order valence-electron chi connectivity index (χ3n) is 1.70. The molecule has 1 rings (SSSR count). The minimum absolute atomic E-state index is 0.0816. The van der Waals surface area contributed by atoms with E-state index in [1.165, 1.54) is 6.33 Å². The number of rotatable bonds is 2. The minimum Gasteiger partial charge on any atom is -0.481 e. The van der Waals surface area contributed by atoms with E-state index < -0.39 is 0 Å². The van der Waals surface area contributed by atoms with Crippen LogP contribution in [-0.2, 0) is 0 Å². The molecule has 12 heavy (non-hydrogen) atoms. The van der Waals surface area contributed by atoms with Crippen LogP contribution in [0.25, 0.3) is 0 Å². The van der Waals surface area contributed by atoms with Crippen molar-refractivity contribution in [2.75, 3.05) is 7.11 Å². The lowest BCUT2D eigenvalue weighted by Gasteiger charge is -2.09. The summed E-state index contributed by atoms with van der Waals surface area (Å²) < 4.78 is 5.03. The normalized spacial score (nSPS) is 12.7. The average Bonchev–Trinajstić information content (AvgIpc) is 2.04. The predicted octanol–water partition coefficient (Wildman–Crippen LogP) is 0.813. The van der Waals surface area contributed by atoms with Crippen LogP contribution >= 0.6 is 0 Å². The first-order chi connectivity index (χ1) is 5.66. The molecule has 0 unspecified atom stereocenters. The second kappa shape index (κ2) is 3.49. The molecule has 0 saturated heterocycles. The van der Waals surface area contributed by atoms with Gasteiger partial charge in [0.05, 0.1) is 12.8 Å². The molecule has 0 aromatic carbocycles. The average molecular weight is 167 g/mol. The van der Waals surface area contributed by atoms with Gasteiger partial charge in [-0.1, -0.05) is 0 Å². The fourth-order valence-corrected chi connectivity index (χ4v) is 1.11. The summed E-state index contributed by atoms with van der Waals surface area (Å²) in [5.74, 6) is 0.595. The van der Waals surface area contributed by atoms with Gasteiger partial charge >= 0.3 is 0 Å². The molecule has 1 atom stereocenters. The van der Waals surface area contributed by atoms with E-state index >= 15 is 0 Å². The highest BCUT2D eigenvalue weighted by Gasteiger charge is 2.09. The zero-order chi connectivity index (χ0) is 9.14. The molecule has 1 aromatic heterocycles. The lowest BCUT2D eigenvalue weighted by Crippen LogP contribution is -2.10. The highest BCUT2D eigenvalue weighted by molar-refractivity contribution is 5.29. The molecule has 66 valence electrons. The SMILES string of the molecule is COc1ncnc([C@H](C)N)c1C. The second-order valence-electron chi connectivity index (χ2n) is 2.68. The van der Waals surface area contributed by atoms with Crippen molar-refractivity contribution in [2.45, 2.75) is 19.9 Å². The van der Waals surface area contributed by atoms with E-state index in [9.17, 15) is 0 Å². The molecular weight excluding hydrogens is 154 g/mol. The summed E-state index contributed by atoms with van der Waals surface area (Å²) >= 11 is 0. The van der Waals surface area contributed by atoms with Crippen molar-refractivity contribution >= 4 is 0 Å². The minimum atomic E-state index is -0.0816. The summed E-state index contributed by atoms with van der Waals surface area (Å²) in [5, 5.41) is 0. The lowest BCUT2D eigenvalue weighted by atomic mass is 10.1. The molecule has 0 aliphatic carbocycles. The summed E-state index contributed by atoms with van der Waals surface area (Å²) in [7, 11) is 1.58. The number of ether oxygens (including phenoxy) is 1. The van der Waals surface area contributed by atoms with Crippen LogP contribution in [0.5, 0.6) is 5.88 Å². The Kier molecular flexibility index (Phi) is 2.60. The smallest absolute Gasteiger partial charge is 0.219 e. The Bertz CT molecular complexity index is 273.